The zero-order valence-electron chi connectivity index (χ0n) is 6.59. The second-order valence-electron chi connectivity index (χ2n) is 3.33. The SMILES string of the molecule is C=CCC1CCC(C)C1O. The fraction of sp³-hybridized carbons (Fsp3) is 0.778. The molecule has 0 radical (unpaired) electrons. The molecule has 0 bridgehead atoms. The van der Waals surface area contributed by atoms with Gasteiger partial charge in [-0.05, 0) is 31.1 Å². The van der Waals surface area contributed by atoms with E-state index >= 15 is 0 Å². The van der Waals surface area contributed by atoms with Gasteiger partial charge in [0.05, 0.1) is 6.10 Å². The first-order valence-electron chi connectivity index (χ1n) is 4.04. The van der Waals surface area contributed by atoms with Gasteiger partial charge < -0.3 is 5.11 Å². The maximum Gasteiger partial charge on any atom is 0.0596 e. The summed E-state index contributed by atoms with van der Waals surface area (Å²) < 4.78 is 0. The van der Waals surface area contributed by atoms with Gasteiger partial charge >= 0.3 is 0 Å². The molecule has 1 heteroatoms. The van der Waals surface area contributed by atoms with Gasteiger partial charge in [0.25, 0.3) is 0 Å². The van der Waals surface area contributed by atoms with Crippen LogP contribution in [0.3, 0.4) is 0 Å². The average molecular weight is 140 g/mol. The van der Waals surface area contributed by atoms with Crippen LogP contribution in [0.25, 0.3) is 0 Å². The molecular formula is C9H16O. The van der Waals surface area contributed by atoms with Crippen LogP contribution >= 0.6 is 0 Å². The molecule has 1 aliphatic carbocycles. The van der Waals surface area contributed by atoms with Crippen molar-refractivity contribution >= 4 is 0 Å². The summed E-state index contributed by atoms with van der Waals surface area (Å²) in [4.78, 5) is 0. The van der Waals surface area contributed by atoms with E-state index in [1.165, 1.54) is 12.8 Å². The lowest BCUT2D eigenvalue weighted by Gasteiger charge is -2.14. The number of rotatable bonds is 2. The molecule has 0 aliphatic heterocycles. The maximum atomic E-state index is 9.54. The molecule has 3 atom stereocenters. The third-order valence-electron chi connectivity index (χ3n) is 2.53. The Kier molecular flexibility index (Phi) is 2.50. The lowest BCUT2D eigenvalue weighted by Crippen LogP contribution is -2.18. The number of aliphatic hydroxyl groups excluding tert-OH is 1. The number of allylic oxidation sites excluding steroid dienone is 1. The van der Waals surface area contributed by atoms with Crippen molar-refractivity contribution in [1.29, 1.82) is 0 Å². The molecule has 58 valence electrons. The van der Waals surface area contributed by atoms with Crippen LogP contribution in [0.1, 0.15) is 26.2 Å². The Labute approximate surface area is 62.8 Å². The Morgan fingerprint density at radius 2 is 2.30 bits per heavy atom. The Balaban J connectivity index is 2.40. The molecule has 1 aliphatic rings. The predicted molar refractivity (Wildman–Crippen MR) is 42.7 cm³/mol. The molecule has 0 aromatic heterocycles. The van der Waals surface area contributed by atoms with Crippen molar-refractivity contribution in [1.82, 2.24) is 0 Å². The first-order chi connectivity index (χ1) is 4.75. The first kappa shape index (κ1) is 7.80. The quantitative estimate of drug-likeness (QED) is 0.581. The second-order valence-corrected chi connectivity index (χ2v) is 3.33. The summed E-state index contributed by atoms with van der Waals surface area (Å²) >= 11 is 0. The lowest BCUT2D eigenvalue weighted by atomic mass is 9.99. The average Bonchev–Trinajstić information content (AvgIpc) is 2.20. The molecule has 1 rings (SSSR count). The molecular weight excluding hydrogens is 124 g/mol. The highest BCUT2D eigenvalue weighted by atomic mass is 16.3. The fourth-order valence-corrected chi connectivity index (χ4v) is 1.75. The van der Waals surface area contributed by atoms with Crippen LogP contribution in [0.5, 0.6) is 0 Å². The van der Waals surface area contributed by atoms with Crippen molar-refractivity contribution in [3.05, 3.63) is 12.7 Å². The van der Waals surface area contributed by atoms with E-state index in [0.717, 1.165) is 6.42 Å². The molecule has 0 aromatic rings. The van der Waals surface area contributed by atoms with Gasteiger partial charge in [0, 0.05) is 0 Å². The highest BCUT2D eigenvalue weighted by Gasteiger charge is 2.30. The van der Waals surface area contributed by atoms with E-state index in [1.54, 1.807) is 0 Å². The molecule has 0 aromatic carbocycles. The summed E-state index contributed by atoms with van der Waals surface area (Å²) in [5.74, 6) is 0.998. The zero-order chi connectivity index (χ0) is 7.56. The largest absolute Gasteiger partial charge is 0.393 e. The Hall–Kier alpha value is -0.300. The molecule has 0 spiro atoms. The molecule has 10 heavy (non-hydrogen) atoms. The molecule has 3 unspecified atom stereocenters. The fourth-order valence-electron chi connectivity index (χ4n) is 1.75. The summed E-state index contributed by atoms with van der Waals surface area (Å²) in [5, 5.41) is 9.54. The van der Waals surface area contributed by atoms with Gasteiger partial charge in [-0.1, -0.05) is 13.0 Å². The van der Waals surface area contributed by atoms with Crippen LogP contribution < -0.4 is 0 Å². The van der Waals surface area contributed by atoms with E-state index in [1.807, 2.05) is 6.08 Å². The molecule has 0 saturated heterocycles. The number of hydrogen-bond donors (Lipinski definition) is 1. The van der Waals surface area contributed by atoms with E-state index in [4.69, 9.17) is 0 Å². The summed E-state index contributed by atoms with van der Waals surface area (Å²) in [7, 11) is 0. The first-order valence-corrected chi connectivity index (χ1v) is 4.04. The maximum absolute atomic E-state index is 9.54. The van der Waals surface area contributed by atoms with Crippen molar-refractivity contribution in [3.8, 4) is 0 Å². The minimum atomic E-state index is -0.0713. The van der Waals surface area contributed by atoms with Crippen LogP contribution in [0, 0.1) is 11.8 Å². The molecule has 1 fully saturated rings. The normalized spacial score (nSPS) is 40.0. The topological polar surface area (TPSA) is 20.2 Å². The van der Waals surface area contributed by atoms with E-state index < -0.39 is 0 Å². The van der Waals surface area contributed by atoms with E-state index in [-0.39, 0.29) is 6.10 Å². The van der Waals surface area contributed by atoms with Gasteiger partial charge in [-0.2, -0.15) is 0 Å². The van der Waals surface area contributed by atoms with Crippen molar-refractivity contribution in [2.24, 2.45) is 11.8 Å². The highest BCUT2D eigenvalue weighted by molar-refractivity contribution is 4.86. The van der Waals surface area contributed by atoms with Gasteiger partial charge in [0.15, 0.2) is 0 Å². The minimum absolute atomic E-state index is 0.0713. The predicted octanol–water partition coefficient (Wildman–Crippen LogP) is 1.97. The molecule has 1 N–H and O–H groups in total. The smallest absolute Gasteiger partial charge is 0.0596 e. The van der Waals surface area contributed by atoms with Crippen molar-refractivity contribution in [3.63, 3.8) is 0 Å². The van der Waals surface area contributed by atoms with Gasteiger partial charge in [0.2, 0.25) is 0 Å². The summed E-state index contributed by atoms with van der Waals surface area (Å²) in [6.07, 6.45) is 5.17. The third kappa shape index (κ3) is 1.40. The highest BCUT2D eigenvalue weighted by Crippen LogP contribution is 2.32. The molecule has 1 nitrogen and oxygen atoms in total. The Bertz CT molecular complexity index is 120. The van der Waals surface area contributed by atoms with Gasteiger partial charge in [0.1, 0.15) is 0 Å². The second kappa shape index (κ2) is 3.20. The molecule has 0 amide bonds. The van der Waals surface area contributed by atoms with Crippen molar-refractivity contribution < 1.29 is 5.11 Å². The third-order valence-corrected chi connectivity index (χ3v) is 2.53. The zero-order valence-corrected chi connectivity index (χ0v) is 6.59. The monoisotopic (exact) mass is 140 g/mol. The van der Waals surface area contributed by atoms with Crippen LogP contribution in [-0.2, 0) is 0 Å². The van der Waals surface area contributed by atoms with Crippen LogP contribution in [-0.4, -0.2) is 11.2 Å². The van der Waals surface area contributed by atoms with E-state index in [0.29, 0.717) is 11.8 Å². The van der Waals surface area contributed by atoms with E-state index in [9.17, 15) is 5.11 Å². The standard InChI is InChI=1S/C9H16O/c1-3-4-8-6-5-7(2)9(8)10/h3,7-10H,1,4-6H2,2H3. The van der Waals surface area contributed by atoms with Crippen LogP contribution in [0.15, 0.2) is 12.7 Å². The minimum Gasteiger partial charge on any atom is -0.393 e. The number of aliphatic hydroxyl groups is 1. The van der Waals surface area contributed by atoms with Crippen LogP contribution in [0.4, 0.5) is 0 Å². The molecule has 0 heterocycles. The lowest BCUT2D eigenvalue weighted by molar-refractivity contribution is 0.0990. The van der Waals surface area contributed by atoms with Crippen LogP contribution in [0.2, 0.25) is 0 Å². The van der Waals surface area contributed by atoms with Crippen molar-refractivity contribution in [2.75, 3.05) is 0 Å². The number of hydrogen-bond acceptors (Lipinski definition) is 1. The summed E-state index contributed by atoms with van der Waals surface area (Å²) in [6, 6.07) is 0. The Morgan fingerprint density at radius 1 is 1.60 bits per heavy atom. The molecule has 1 saturated carbocycles. The summed E-state index contributed by atoms with van der Waals surface area (Å²) in [5.41, 5.74) is 0. The van der Waals surface area contributed by atoms with Gasteiger partial charge in [-0.3, -0.25) is 0 Å². The Morgan fingerprint density at radius 3 is 2.70 bits per heavy atom. The summed E-state index contributed by atoms with van der Waals surface area (Å²) in [6.45, 7) is 5.79. The van der Waals surface area contributed by atoms with Gasteiger partial charge in [-0.15, -0.1) is 6.58 Å². The van der Waals surface area contributed by atoms with E-state index in [2.05, 4.69) is 13.5 Å². The van der Waals surface area contributed by atoms with Gasteiger partial charge in [-0.25, -0.2) is 0 Å². The van der Waals surface area contributed by atoms with Crippen molar-refractivity contribution in [2.45, 2.75) is 32.3 Å².